The molecule has 2 aliphatic rings. The van der Waals surface area contributed by atoms with Gasteiger partial charge in [-0.15, -0.1) is 0 Å². The molecule has 0 radical (unpaired) electrons. The second-order valence-electron chi connectivity index (χ2n) is 13.9. The Morgan fingerprint density at radius 3 is 1.55 bits per heavy atom. The van der Waals surface area contributed by atoms with E-state index in [0.29, 0.717) is 56.7 Å². The number of ether oxygens (including phenoxy) is 4. The summed E-state index contributed by atoms with van der Waals surface area (Å²) in [5.74, 6) is 2.06. The molecule has 60 heavy (non-hydrogen) atoms. The highest BCUT2D eigenvalue weighted by atomic mass is 16.6. The number of hydrogen-bond donors (Lipinski definition) is 1. The lowest BCUT2D eigenvalue weighted by Crippen LogP contribution is -2.59. The number of nitro benzene ring substituents is 2. The maximum Gasteiger partial charge on any atom is 0.277 e. The quantitative estimate of drug-likeness (QED) is 0.0893. The van der Waals surface area contributed by atoms with Gasteiger partial charge in [0, 0.05) is 23.3 Å². The summed E-state index contributed by atoms with van der Waals surface area (Å²) in [6.07, 6.45) is 1.52. The Kier molecular flexibility index (Phi) is 10.2. The van der Waals surface area contributed by atoms with E-state index in [-0.39, 0.29) is 22.5 Å². The number of nitro groups is 2. The van der Waals surface area contributed by atoms with Crippen molar-refractivity contribution in [2.75, 3.05) is 28.4 Å². The predicted molar refractivity (Wildman–Crippen MR) is 227 cm³/mol. The van der Waals surface area contributed by atoms with Crippen LogP contribution in [-0.2, 0) is 16.9 Å². The van der Waals surface area contributed by atoms with Gasteiger partial charge in [-0.25, -0.2) is 4.99 Å². The molecule has 0 saturated heterocycles. The molecule has 8 rings (SSSR count). The van der Waals surface area contributed by atoms with Gasteiger partial charge >= 0.3 is 0 Å². The summed E-state index contributed by atoms with van der Waals surface area (Å²) >= 11 is 0. The maximum absolute atomic E-state index is 13.3. The number of rotatable bonds is 13. The van der Waals surface area contributed by atoms with Crippen molar-refractivity contribution in [3.8, 4) is 23.0 Å². The summed E-state index contributed by atoms with van der Waals surface area (Å²) in [4.78, 5) is 41.6. The number of nitrogens with zero attached hydrogens (tertiary/aromatic N) is 5. The molecular formula is C46H38N6O8. The van der Waals surface area contributed by atoms with Crippen LogP contribution >= 0.6 is 0 Å². The number of hydrogen-bond acceptors (Lipinski definition) is 12. The number of benzene rings is 6. The molecule has 2 atom stereocenters. The van der Waals surface area contributed by atoms with Crippen molar-refractivity contribution in [1.82, 2.24) is 5.32 Å². The first-order valence-corrected chi connectivity index (χ1v) is 18.7. The molecule has 0 fully saturated rings. The third-order valence-corrected chi connectivity index (χ3v) is 10.8. The first-order valence-electron chi connectivity index (χ1n) is 18.7. The molecule has 0 aromatic heterocycles. The van der Waals surface area contributed by atoms with Crippen LogP contribution < -0.4 is 24.3 Å². The van der Waals surface area contributed by atoms with E-state index in [9.17, 15) is 20.2 Å². The zero-order valence-corrected chi connectivity index (χ0v) is 32.9. The lowest BCUT2D eigenvalue weighted by atomic mass is 9.75. The van der Waals surface area contributed by atoms with Gasteiger partial charge in [0.25, 0.3) is 11.4 Å². The van der Waals surface area contributed by atoms with E-state index in [1.807, 2.05) is 60.7 Å². The van der Waals surface area contributed by atoms with E-state index in [0.717, 1.165) is 0 Å². The van der Waals surface area contributed by atoms with E-state index < -0.39 is 26.7 Å². The van der Waals surface area contributed by atoms with Gasteiger partial charge in [0.05, 0.1) is 67.1 Å². The third kappa shape index (κ3) is 6.30. The average Bonchev–Trinajstić information content (AvgIpc) is 3.93. The number of aliphatic imine (C=N–C) groups is 3. The summed E-state index contributed by atoms with van der Waals surface area (Å²) in [5, 5.41) is 30.3. The highest BCUT2D eigenvalue weighted by Gasteiger charge is 2.67. The fraction of sp³-hybridized carbons (Fsp3) is 0.152. The van der Waals surface area contributed by atoms with Gasteiger partial charge in [0.1, 0.15) is 28.5 Å². The maximum atomic E-state index is 13.3. The van der Waals surface area contributed by atoms with Crippen LogP contribution in [0.1, 0.15) is 33.4 Å². The van der Waals surface area contributed by atoms with E-state index in [1.165, 1.54) is 18.3 Å². The largest absolute Gasteiger partial charge is 0.497 e. The summed E-state index contributed by atoms with van der Waals surface area (Å²) < 4.78 is 22.9. The molecule has 0 aliphatic carbocycles. The molecule has 0 saturated carbocycles. The molecule has 0 spiro atoms. The minimum atomic E-state index is -2.13. The predicted octanol–water partition coefficient (Wildman–Crippen LogP) is 8.15. The molecule has 2 heterocycles. The van der Waals surface area contributed by atoms with E-state index in [2.05, 4.69) is 5.32 Å². The zero-order valence-electron chi connectivity index (χ0n) is 32.9. The van der Waals surface area contributed by atoms with Gasteiger partial charge in [-0.05, 0) is 71.8 Å². The molecular weight excluding hydrogens is 765 g/mol. The zero-order chi connectivity index (χ0) is 42.1. The number of methoxy groups -OCH3 is 4. The van der Waals surface area contributed by atoms with Gasteiger partial charge in [0.2, 0.25) is 5.66 Å². The summed E-state index contributed by atoms with van der Waals surface area (Å²) in [6, 6.07) is 41.4. The standard InChI is InChI=1S/C46H38N6O8/c1-57-34-17-9-13-30(25-34)40-29-47-45(48-40,38-21-5-7-23-41(38)51(53)54)46(39-22-6-8-24-42(39)52(55)56)49-43(31-14-10-18-35(26-31)58-2)44(50-46,32-15-11-19-36(27-32)59-3)33-16-12-20-37(28-33)60-4/h5-29,50H,1-4H3. The van der Waals surface area contributed by atoms with Gasteiger partial charge < -0.3 is 18.9 Å². The van der Waals surface area contributed by atoms with Crippen molar-refractivity contribution in [2.24, 2.45) is 15.0 Å². The molecule has 2 unspecified atom stereocenters. The van der Waals surface area contributed by atoms with Crippen molar-refractivity contribution in [2.45, 2.75) is 16.9 Å². The minimum Gasteiger partial charge on any atom is -0.497 e. The summed E-state index contributed by atoms with van der Waals surface area (Å²) in [6.45, 7) is 0. The Hall–Kier alpha value is -7.71. The number of nitrogens with one attached hydrogen (secondary N) is 1. The molecule has 0 bridgehead atoms. The second kappa shape index (κ2) is 15.6. The van der Waals surface area contributed by atoms with E-state index in [1.54, 1.807) is 101 Å². The molecule has 2 aliphatic heterocycles. The van der Waals surface area contributed by atoms with Crippen LogP contribution in [0.15, 0.2) is 161 Å². The van der Waals surface area contributed by atoms with Crippen LogP contribution in [0.5, 0.6) is 23.0 Å². The van der Waals surface area contributed by atoms with Crippen LogP contribution in [0.4, 0.5) is 11.4 Å². The minimum absolute atomic E-state index is 0.0237. The second-order valence-corrected chi connectivity index (χ2v) is 13.9. The lowest BCUT2D eigenvalue weighted by molar-refractivity contribution is -0.387. The van der Waals surface area contributed by atoms with Crippen LogP contribution in [0, 0.1) is 20.2 Å². The Bertz CT molecular complexity index is 2700. The van der Waals surface area contributed by atoms with Crippen molar-refractivity contribution in [3.05, 3.63) is 199 Å². The van der Waals surface area contributed by atoms with Crippen LogP contribution in [0.3, 0.4) is 0 Å². The van der Waals surface area contributed by atoms with Crippen molar-refractivity contribution >= 4 is 29.0 Å². The van der Waals surface area contributed by atoms with Gasteiger partial charge in [-0.1, -0.05) is 72.8 Å². The van der Waals surface area contributed by atoms with Crippen LogP contribution in [0.2, 0.25) is 0 Å². The molecule has 1 N–H and O–H groups in total. The monoisotopic (exact) mass is 802 g/mol. The van der Waals surface area contributed by atoms with E-state index in [4.69, 9.17) is 33.9 Å². The van der Waals surface area contributed by atoms with Crippen LogP contribution in [-0.4, -0.2) is 55.9 Å². The molecule has 14 nitrogen and oxygen atoms in total. The van der Waals surface area contributed by atoms with Gasteiger partial charge in [0.15, 0.2) is 5.66 Å². The van der Waals surface area contributed by atoms with Crippen molar-refractivity contribution < 1.29 is 28.8 Å². The highest BCUT2D eigenvalue weighted by Crippen LogP contribution is 2.58. The fourth-order valence-electron chi connectivity index (χ4n) is 8.11. The van der Waals surface area contributed by atoms with Crippen LogP contribution in [0.25, 0.3) is 0 Å². The van der Waals surface area contributed by atoms with Crippen molar-refractivity contribution in [1.29, 1.82) is 0 Å². The first kappa shape index (κ1) is 39.1. The molecule has 300 valence electrons. The third-order valence-electron chi connectivity index (χ3n) is 10.8. The SMILES string of the molecule is COc1cccc(C2=NC(c3ccccc3[N+](=O)[O-])(C3(c4ccccc4[N+](=O)[O-])N=C(c4cccc(OC)c4)C(c4cccc(OC)c4)(c4cccc(OC)c4)N3)N=C2)c1. The Morgan fingerprint density at radius 2 is 1.00 bits per heavy atom. The van der Waals surface area contributed by atoms with Gasteiger partial charge in [-0.3, -0.25) is 35.5 Å². The normalized spacial score (nSPS) is 18.9. The highest BCUT2D eigenvalue weighted by molar-refractivity contribution is 6.39. The fourth-order valence-corrected chi connectivity index (χ4v) is 8.11. The van der Waals surface area contributed by atoms with Gasteiger partial charge in [-0.2, -0.15) is 0 Å². The first-order chi connectivity index (χ1) is 29.1. The topological polar surface area (TPSA) is 172 Å². The van der Waals surface area contributed by atoms with E-state index >= 15 is 0 Å². The molecule has 6 aromatic carbocycles. The summed E-state index contributed by atoms with van der Waals surface area (Å²) in [5.41, 5.74) is -3.37. The molecule has 0 amide bonds. The van der Waals surface area contributed by atoms with Crippen molar-refractivity contribution in [3.63, 3.8) is 0 Å². The Balaban J connectivity index is 1.61. The average molecular weight is 803 g/mol. The molecule has 14 heteroatoms. The molecule has 6 aromatic rings. The Labute approximate surface area is 344 Å². The summed E-state index contributed by atoms with van der Waals surface area (Å²) in [7, 11) is 6.20. The lowest BCUT2D eigenvalue weighted by Gasteiger charge is -2.43. The Morgan fingerprint density at radius 1 is 0.533 bits per heavy atom. The smallest absolute Gasteiger partial charge is 0.277 e. The number of para-hydroxylation sites is 2.